The number of esters is 1. The van der Waals surface area contributed by atoms with Gasteiger partial charge in [0, 0.05) is 12.8 Å². The van der Waals surface area contributed by atoms with Crippen LogP contribution in [0.2, 0.25) is 0 Å². The van der Waals surface area contributed by atoms with E-state index in [1.54, 1.807) is 0 Å². The van der Waals surface area contributed by atoms with E-state index in [4.69, 9.17) is 4.74 Å². The lowest BCUT2D eigenvalue weighted by Crippen LogP contribution is -2.45. The largest absolute Gasteiger partial charge is 0.466 e. The van der Waals surface area contributed by atoms with Gasteiger partial charge in [0.05, 0.1) is 25.4 Å². The number of aliphatic hydroxyl groups is 2. The van der Waals surface area contributed by atoms with Crippen LogP contribution < -0.4 is 5.32 Å². The normalized spacial score (nSPS) is 12.9. The van der Waals surface area contributed by atoms with Crippen LogP contribution in [0.25, 0.3) is 0 Å². The second-order valence-corrected chi connectivity index (χ2v) is 18.2. The van der Waals surface area contributed by atoms with Gasteiger partial charge in [-0.15, -0.1) is 0 Å². The first-order valence-electron chi connectivity index (χ1n) is 26.7. The average Bonchev–Trinajstić information content (AvgIpc) is 3.26. The molecule has 2 unspecified atom stereocenters. The molecule has 3 N–H and O–H groups in total. The van der Waals surface area contributed by atoms with Crippen molar-refractivity contribution in [2.75, 3.05) is 13.2 Å². The third kappa shape index (κ3) is 47.4. The van der Waals surface area contributed by atoms with E-state index in [2.05, 4.69) is 55.6 Å². The van der Waals surface area contributed by atoms with Gasteiger partial charge in [-0.05, 0) is 77.0 Å². The highest BCUT2D eigenvalue weighted by molar-refractivity contribution is 5.76. The number of rotatable bonds is 49. The summed E-state index contributed by atoms with van der Waals surface area (Å²) in [6.07, 6.45) is 61.2. The predicted molar refractivity (Wildman–Crippen MR) is 264 cm³/mol. The molecule has 0 aliphatic heterocycles. The molecule has 1 amide bonds. The van der Waals surface area contributed by atoms with Crippen molar-refractivity contribution >= 4 is 11.9 Å². The fraction of sp³-hybridized carbons (Fsp3) is 0.855. The molecule has 0 aromatic heterocycles. The van der Waals surface area contributed by atoms with E-state index in [1.807, 2.05) is 0 Å². The Hall–Kier alpha value is -1.92. The van der Waals surface area contributed by atoms with E-state index in [0.717, 1.165) is 96.3 Å². The highest BCUT2D eigenvalue weighted by Crippen LogP contribution is 2.16. The summed E-state index contributed by atoms with van der Waals surface area (Å²) in [5.41, 5.74) is 0. The van der Waals surface area contributed by atoms with Crippen LogP contribution in [-0.4, -0.2) is 47.4 Å². The van der Waals surface area contributed by atoms with E-state index < -0.39 is 12.1 Å². The van der Waals surface area contributed by atoms with Crippen LogP contribution in [0.3, 0.4) is 0 Å². The van der Waals surface area contributed by atoms with E-state index in [0.29, 0.717) is 25.9 Å². The third-order valence-corrected chi connectivity index (χ3v) is 12.1. The maximum Gasteiger partial charge on any atom is 0.305 e. The molecule has 2 atom stereocenters. The highest BCUT2D eigenvalue weighted by atomic mass is 16.5. The van der Waals surface area contributed by atoms with Gasteiger partial charge >= 0.3 is 5.97 Å². The van der Waals surface area contributed by atoms with Gasteiger partial charge in [0.25, 0.3) is 0 Å². The maximum atomic E-state index is 12.5. The molecule has 6 heteroatoms. The number of unbranched alkanes of at least 4 members (excludes halogenated alkanes) is 32. The van der Waals surface area contributed by atoms with Gasteiger partial charge in [-0.3, -0.25) is 9.59 Å². The van der Waals surface area contributed by atoms with E-state index in [-0.39, 0.29) is 18.5 Å². The second kappa shape index (κ2) is 50.7. The number of ether oxygens (including phenoxy) is 1. The minimum Gasteiger partial charge on any atom is -0.466 e. The van der Waals surface area contributed by atoms with Gasteiger partial charge in [-0.25, -0.2) is 0 Å². The first-order valence-corrected chi connectivity index (χ1v) is 26.7. The molecular formula is C55H103NO5. The molecule has 6 nitrogen and oxygen atoms in total. The topological polar surface area (TPSA) is 95.9 Å². The molecule has 0 aliphatic rings. The van der Waals surface area contributed by atoms with Crippen molar-refractivity contribution < 1.29 is 24.5 Å². The summed E-state index contributed by atoms with van der Waals surface area (Å²) >= 11 is 0. The number of carbonyl (C=O) groups excluding carboxylic acids is 2. The summed E-state index contributed by atoms with van der Waals surface area (Å²) in [5, 5.41) is 23.3. The number of aliphatic hydroxyl groups excluding tert-OH is 2. The molecule has 0 aromatic carbocycles. The van der Waals surface area contributed by atoms with Crippen LogP contribution in [0.5, 0.6) is 0 Å². The molecule has 0 spiro atoms. The first-order chi connectivity index (χ1) is 30.0. The lowest BCUT2D eigenvalue weighted by molar-refractivity contribution is -0.143. The van der Waals surface area contributed by atoms with Crippen molar-refractivity contribution in [3.63, 3.8) is 0 Å². The van der Waals surface area contributed by atoms with Crippen LogP contribution in [0, 0.1) is 0 Å². The predicted octanol–water partition coefficient (Wildman–Crippen LogP) is 16.1. The molecule has 358 valence electrons. The van der Waals surface area contributed by atoms with Crippen LogP contribution in [-0.2, 0) is 14.3 Å². The molecule has 0 aliphatic carbocycles. The summed E-state index contributed by atoms with van der Waals surface area (Å²) in [4.78, 5) is 24.5. The summed E-state index contributed by atoms with van der Waals surface area (Å²) in [7, 11) is 0. The van der Waals surface area contributed by atoms with Crippen LogP contribution in [0.1, 0.15) is 277 Å². The van der Waals surface area contributed by atoms with Crippen LogP contribution in [0.15, 0.2) is 36.5 Å². The molecule has 0 saturated heterocycles. The van der Waals surface area contributed by atoms with Crippen molar-refractivity contribution in [3.8, 4) is 0 Å². The van der Waals surface area contributed by atoms with Crippen molar-refractivity contribution in [2.24, 2.45) is 0 Å². The molecule has 0 heterocycles. The number of nitrogens with one attached hydrogen (secondary N) is 1. The minimum atomic E-state index is -0.684. The van der Waals surface area contributed by atoms with Crippen LogP contribution >= 0.6 is 0 Å². The zero-order chi connectivity index (χ0) is 44.4. The molecular weight excluding hydrogens is 755 g/mol. The number of allylic oxidation sites excluding steroid dienone is 6. The monoisotopic (exact) mass is 858 g/mol. The lowest BCUT2D eigenvalue weighted by Gasteiger charge is -2.22. The van der Waals surface area contributed by atoms with Gasteiger partial charge in [0.1, 0.15) is 0 Å². The lowest BCUT2D eigenvalue weighted by atomic mass is 10.0. The van der Waals surface area contributed by atoms with E-state index in [1.165, 1.54) is 148 Å². The molecule has 0 rings (SSSR count). The zero-order valence-electron chi connectivity index (χ0n) is 40.6. The summed E-state index contributed by atoms with van der Waals surface area (Å²) < 4.78 is 5.42. The quantitative estimate of drug-likeness (QED) is 0.0322. The molecule has 61 heavy (non-hydrogen) atoms. The number of hydrogen-bond donors (Lipinski definition) is 3. The highest BCUT2D eigenvalue weighted by Gasteiger charge is 2.20. The van der Waals surface area contributed by atoms with Gasteiger partial charge in [0.2, 0.25) is 5.91 Å². The van der Waals surface area contributed by atoms with E-state index >= 15 is 0 Å². The zero-order valence-corrected chi connectivity index (χ0v) is 40.6. The van der Waals surface area contributed by atoms with Crippen molar-refractivity contribution in [1.82, 2.24) is 5.32 Å². The van der Waals surface area contributed by atoms with Crippen LogP contribution in [0.4, 0.5) is 0 Å². The Labute approximate surface area is 379 Å². The van der Waals surface area contributed by atoms with E-state index in [9.17, 15) is 19.8 Å². The smallest absolute Gasteiger partial charge is 0.305 e. The standard InChI is InChI=1S/C55H103NO5/c1-3-5-7-9-11-13-15-17-18-19-20-21-22-23-25-27-31-35-39-43-47-53(58)52(51-57)56-54(59)48-44-40-36-32-28-26-30-34-38-42-46-50-61-55(60)49-45-41-37-33-29-24-16-14-12-10-8-6-4-2/h8,10,14,16,30,34,52-53,57-58H,3-7,9,11-13,15,17-29,31-33,35-51H2,1-2H3,(H,56,59)/b10-8-,16-14-,34-30-. The van der Waals surface area contributed by atoms with Gasteiger partial charge in [-0.1, -0.05) is 224 Å². The fourth-order valence-electron chi connectivity index (χ4n) is 8.02. The third-order valence-electron chi connectivity index (χ3n) is 12.1. The van der Waals surface area contributed by atoms with Gasteiger partial charge in [-0.2, -0.15) is 0 Å². The van der Waals surface area contributed by atoms with Crippen molar-refractivity contribution in [1.29, 1.82) is 0 Å². The SMILES string of the molecule is CCC/C=C\C/C=C\CCCCCCCC(=O)OCCCC/C=C\CCCCCCCC(=O)NC(CO)C(O)CCCCCCCCCCCCCCCCCCCCCC. The van der Waals surface area contributed by atoms with Crippen molar-refractivity contribution in [3.05, 3.63) is 36.5 Å². The number of amides is 1. The number of hydrogen-bond acceptors (Lipinski definition) is 5. The Balaban J connectivity index is 3.53. The Kier molecular flexibility index (Phi) is 49.1. The summed E-state index contributed by atoms with van der Waals surface area (Å²) in [6, 6.07) is -0.564. The fourth-order valence-corrected chi connectivity index (χ4v) is 8.02. The molecule has 0 bridgehead atoms. The maximum absolute atomic E-state index is 12.5. The average molecular weight is 858 g/mol. The number of carbonyl (C=O) groups is 2. The molecule has 0 fully saturated rings. The summed E-state index contributed by atoms with van der Waals surface area (Å²) in [6.45, 7) is 4.81. The first kappa shape index (κ1) is 59.1. The molecule has 0 saturated carbocycles. The molecule has 0 radical (unpaired) electrons. The Morgan fingerprint density at radius 2 is 0.852 bits per heavy atom. The Morgan fingerprint density at radius 1 is 0.459 bits per heavy atom. The molecule has 0 aromatic rings. The van der Waals surface area contributed by atoms with Crippen molar-refractivity contribution in [2.45, 2.75) is 289 Å². The summed E-state index contributed by atoms with van der Waals surface area (Å²) in [5.74, 6) is -0.110. The Bertz CT molecular complexity index is 993. The Morgan fingerprint density at radius 3 is 1.33 bits per heavy atom. The van der Waals surface area contributed by atoms with Gasteiger partial charge in [0.15, 0.2) is 0 Å². The second-order valence-electron chi connectivity index (χ2n) is 18.2. The van der Waals surface area contributed by atoms with Gasteiger partial charge < -0.3 is 20.3 Å². The minimum absolute atomic E-state index is 0.0465.